The molecule has 0 bridgehead atoms. The smallest absolute Gasteiger partial charge is 0.251 e. The van der Waals surface area contributed by atoms with Gasteiger partial charge in [0.25, 0.3) is 5.91 Å². The lowest BCUT2D eigenvalue weighted by molar-refractivity contribution is 0.0963. The van der Waals surface area contributed by atoms with Crippen LogP contribution in [0.15, 0.2) is 66.9 Å². The summed E-state index contributed by atoms with van der Waals surface area (Å²) in [5.74, 6) is 1.84. The van der Waals surface area contributed by atoms with Crippen LogP contribution in [0, 0.1) is 0 Å². The minimum atomic E-state index is -0.134. The molecule has 164 valence electrons. The molecule has 0 unspecified atom stereocenters. The fourth-order valence-electron chi connectivity index (χ4n) is 3.51. The van der Waals surface area contributed by atoms with Crippen molar-refractivity contribution >= 4 is 22.5 Å². The van der Waals surface area contributed by atoms with Gasteiger partial charge >= 0.3 is 0 Å². The Kier molecular flexibility index (Phi) is 5.27. The lowest BCUT2D eigenvalue weighted by atomic mass is 10.1. The fourth-order valence-corrected chi connectivity index (χ4v) is 3.51. The number of hydrogen-bond acceptors (Lipinski definition) is 7. The van der Waals surface area contributed by atoms with Crippen LogP contribution < -0.4 is 14.8 Å². The van der Waals surface area contributed by atoms with Crippen LogP contribution >= 0.6 is 0 Å². The first-order chi connectivity index (χ1) is 16.2. The molecule has 5 aromatic rings. The van der Waals surface area contributed by atoms with Crippen LogP contribution in [0.5, 0.6) is 11.5 Å². The van der Waals surface area contributed by atoms with E-state index in [1.165, 1.54) is 0 Å². The summed E-state index contributed by atoms with van der Waals surface area (Å²) in [7, 11) is 3.22. The Morgan fingerprint density at radius 3 is 2.67 bits per heavy atom. The van der Waals surface area contributed by atoms with Crippen molar-refractivity contribution in [1.82, 2.24) is 30.1 Å². The fraction of sp³-hybridized carbons (Fsp3) is 0.125. The zero-order chi connectivity index (χ0) is 22.8. The van der Waals surface area contributed by atoms with Gasteiger partial charge in [0.05, 0.1) is 18.3 Å². The van der Waals surface area contributed by atoms with Gasteiger partial charge in [-0.15, -0.1) is 10.2 Å². The third-order valence-corrected chi connectivity index (χ3v) is 5.26. The molecule has 2 aromatic carbocycles. The van der Waals surface area contributed by atoms with E-state index < -0.39 is 0 Å². The van der Waals surface area contributed by atoms with Gasteiger partial charge in [-0.1, -0.05) is 12.1 Å². The summed E-state index contributed by atoms with van der Waals surface area (Å²) in [5.41, 5.74) is 3.58. The first-order valence-corrected chi connectivity index (χ1v) is 10.3. The number of ether oxygens (including phenoxy) is 2. The number of aromatic nitrogens is 5. The van der Waals surface area contributed by atoms with Gasteiger partial charge in [0.1, 0.15) is 18.1 Å². The monoisotopic (exact) mass is 440 g/mol. The van der Waals surface area contributed by atoms with Gasteiger partial charge in [0.15, 0.2) is 11.5 Å². The van der Waals surface area contributed by atoms with E-state index in [-0.39, 0.29) is 12.5 Å². The van der Waals surface area contributed by atoms with Crippen molar-refractivity contribution in [3.8, 4) is 22.8 Å². The maximum absolute atomic E-state index is 11.8. The molecule has 1 amide bonds. The van der Waals surface area contributed by atoms with Crippen molar-refractivity contribution in [1.29, 1.82) is 0 Å². The predicted molar refractivity (Wildman–Crippen MR) is 122 cm³/mol. The average Bonchev–Trinajstić information content (AvgIpc) is 3.28. The van der Waals surface area contributed by atoms with E-state index in [0.717, 1.165) is 27.9 Å². The van der Waals surface area contributed by atoms with E-state index >= 15 is 0 Å². The molecule has 3 heterocycles. The van der Waals surface area contributed by atoms with Gasteiger partial charge in [-0.3, -0.25) is 9.78 Å². The summed E-state index contributed by atoms with van der Waals surface area (Å²) in [4.78, 5) is 16.2. The maximum atomic E-state index is 11.8. The largest absolute Gasteiger partial charge is 0.497 e. The summed E-state index contributed by atoms with van der Waals surface area (Å²) in [6.45, 7) is 0.179. The molecule has 1 N–H and O–H groups in total. The second kappa shape index (κ2) is 8.54. The third-order valence-electron chi connectivity index (χ3n) is 5.26. The summed E-state index contributed by atoms with van der Waals surface area (Å²) < 4.78 is 13.0. The van der Waals surface area contributed by atoms with Crippen molar-refractivity contribution in [2.75, 3.05) is 14.2 Å². The summed E-state index contributed by atoms with van der Waals surface area (Å²) in [5, 5.41) is 16.6. The molecule has 0 fully saturated rings. The molecule has 0 aliphatic rings. The van der Waals surface area contributed by atoms with E-state index in [1.54, 1.807) is 37.0 Å². The van der Waals surface area contributed by atoms with Crippen LogP contribution in [-0.2, 0) is 6.61 Å². The lowest BCUT2D eigenvalue weighted by Crippen LogP contribution is -2.17. The number of pyridine rings is 1. The van der Waals surface area contributed by atoms with Gasteiger partial charge in [0, 0.05) is 35.8 Å². The molecule has 9 nitrogen and oxygen atoms in total. The summed E-state index contributed by atoms with van der Waals surface area (Å²) in [6.07, 6.45) is 1.69. The van der Waals surface area contributed by atoms with Gasteiger partial charge in [-0.2, -0.15) is 9.61 Å². The zero-order valence-corrected chi connectivity index (χ0v) is 18.0. The highest BCUT2D eigenvalue weighted by Crippen LogP contribution is 2.27. The molecule has 0 saturated heterocycles. The summed E-state index contributed by atoms with van der Waals surface area (Å²) >= 11 is 0. The Morgan fingerprint density at radius 2 is 1.88 bits per heavy atom. The predicted octanol–water partition coefficient (Wildman–Crippen LogP) is 3.29. The number of carbonyl (C=O) groups excluding carboxylic acids is 1. The number of methoxy groups -OCH3 is 1. The minimum Gasteiger partial charge on any atom is -0.497 e. The van der Waals surface area contributed by atoms with Crippen molar-refractivity contribution < 1.29 is 14.3 Å². The maximum Gasteiger partial charge on any atom is 0.251 e. The molecule has 0 atom stereocenters. The van der Waals surface area contributed by atoms with Crippen molar-refractivity contribution in [3.63, 3.8) is 0 Å². The number of fused-ring (bicyclic) bond motifs is 2. The van der Waals surface area contributed by atoms with Crippen LogP contribution in [0.3, 0.4) is 0 Å². The normalized spacial score (nSPS) is 11.0. The van der Waals surface area contributed by atoms with E-state index in [9.17, 15) is 4.79 Å². The molecule has 0 radical (unpaired) electrons. The highest BCUT2D eigenvalue weighted by molar-refractivity contribution is 5.94. The number of benzene rings is 2. The Balaban J connectivity index is 1.42. The van der Waals surface area contributed by atoms with Gasteiger partial charge in [-0.05, 0) is 42.5 Å². The molecular formula is C24H20N6O3. The van der Waals surface area contributed by atoms with Crippen molar-refractivity contribution in [2.45, 2.75) is 6.61 Å². The molecule has 9 heteroatoms. The van der Waals surface area contributed by atoms with E-state index in [4.69, 9.17) is 9.47 Å². The Labute approximate surface area is 189 Å². The van der Waals surface area contributed by atoms with Crippen LogP contribution in [0.25, 0.3) is 27.8 Å². The highest BCUT2D eigenvalue weighted by Gasteiger charge is 2.12. The number of hydrogen-bond donors (Lipinski definition) is 1. The number of nitrogens with zero attached hydrogens (tertiary/aromatic N) is 5. The molecule has 5 rings (SSSR count). The third kappa shape index (κ3) is 3.91. The Morgan fingerprint density at radius 1 is 1.03 bits per heavy atom. The van der Waals surface area contributed by atoms with Gasteiger partial charge in [-0.25, -0.2) is 0 Å². The van der Waals surface area contributed by atoms with Crippen molar-refractivity contribution in [2.24, 2.45) is 0 Å². The van der Waals surface area contributed by atoms with Crippen LogP contribution in [0.2, 0.25) is 0 Å². The van der Waals surface area contributed by atoms with E-state index in [1.807, 2.05) is 48.5 Å². The molecule has 0 aliphatic heterocycles. The van der Waals surface area contributed by atoms with Gasteiger partial charge in [0.2, 0.25) is 0 Å². The first-order valence-electron chi connectivity index (χ1n) is 10.3. The van der Waals surface area contributed by atoms with Gasteiger partial charge < -0.3 is 14.8 Å². The zero-order valence-electron chi connectivity index (χ0n) is 18.0. The quantitative estimate of drug-likeness (QED) is 0.432. The van der Waals surface area contributed by atoms with E-state index in [2.05, 4.69) is 25.6 Å². The SMILES string of the molecule is CNC(=O)c1ccc(-c2ccc3nnc(COc4ccnc5cc(OC)ccc45)n3n2)cc1. The number of rotatable bonds is 6. The molecular weight excluding hydrogens is 420 g/mol. The first kappa shape index (κ1) is 20.4. The molecule has 33 heavy (non-hydrogen) atoms. The average molecular weight is 440 g/mol. The van der Waals surface area contributed by atoms with Crippen LogP contribution in [0.4, 0.5) is 0 Å². The van der Waals surface area contributed by atoms with Crippen molar-refractivity contribution in [3.05, 3.63) is 78.2 Å². The number of amides is 1. The standard InChI is InChI=1S/C24H20N6O3/c1-25-24(31)16-5-3-15(4-6-16)19-9-10-22-27-28-23(30(22)29-19)14-33-21-11-12-26-20-13-17(32-2)7-8-18(20)21/h3-13H,14H2,1-2H3,(H,25,31). The second-order valence-corrected chi connectivity index (χ2v) is 7.24. The number of nitrogens with one attached hydrogen (secondary N) is 1. The number of carbonyl (C=O) groups is 1. The second-order valence-electron chi connectivity index (χ2n) is 7.24. The van der Waals surface area contributed by atoms with Crippen LogP contribution in [-0.4, -0.2) is 44.9 Å². The minimum absolute atomic E-state index is 0.134. The topological polar surface area (TPSA) is 104 Å². The molecule has 0 saturated carbocycles. The molecule has 0 aliphatic carbocycles. The van der Waals surface area contributed by atoms with Crippen LogP contribution in [0.1, 0.15) is 16.2 Å². The Hall–Kier alpha value is -4.53. The molecule has 3 aromatic heterocycles. The lowest BCUT2D eigenvalue weighted by Gasteiger charge is -2.09. The highest BCUT2D eigenvalue weighted by atomic mass is 16.5. The van der Waals surface area contributed by atoms with E-state index in [0.29, 0.717) is 22.8 Å². The Bertz CT molecular complexity index is 1460. The summed E-state index contributed by atoms with van der Waals surface area (Å²) in [6, 6.07) is 18.4. The molecule has 0 spiro atoms.